The lowest BCUT2D eigenvalue weighted by molar-refractivity contribution is 0.0696. The van der Waals surface area contributed by atoms with E-state index in [0.29, 0.717) is 6.54 Å². The van der Waals surface area contributed by atoms with Gasteiger partial charge in [-0.25, -0.2) is 9.78 Å². The zero-order valence-electron chi connectivity index (χ0n) is 9.27. The average molecular weight is 268 g/mol. The number of carboxylic acids is 1. The molecule has 0 aliphatic heterocycles. The number of aromatic carboxylic acids is 1. The molecule has 0 bridgehead atoms. The molecule has 0 aromatic carbocycles. The molecule has 2 aromatic rings. The van der Waals surface area contributed by atoms with Crippen molar-refractivity contribution in [3.05, 3.63) is 38.0 Å². The summed E-state index contributed by atoms with van der Waals surface area (Å²) in [5.41, 5.74) is 3.34. The van der Waals surface area contributed by atoms with Crippen molar-refractivity contribution in [1.82, 2.24) is 10.3 Å². The van der Waals surface area contributed by atoms with Crippen LogP contribution in [0.1, 0.15) is 26.6 Å². The first-order valence-corrected chi connectivity index (χ1v) is 6.89. The quantitative estimate of drug-likeness (QED) is 0.874. The van der Waals surface area contributed by atoms with Gasteiger partial charge in [-0.1, -0.05) is 0 Å². The number of carboxylic acid groups (broad SMARTS) is 1. The van der Waals surface area contributed by atoms with Crippen molar-refractivity contribution in [2.45, 2.75) is 20.0 Å². The van der Waals surface area contributed by atoms with Crippen LogP contribution in [0.4, 0.5) is 0 Å². The van der Waals surface area contributed by atoms with E-state index in [-0.39, 0.29) is 5.01 Å². The predicted octanol–water partition coefficient (Wildman–Crippen LogP) is 2.50. The summed E-state index contributed by atoms with van der Waals surface area (Å²) in [7, 11) is 0. The summed E-state index contributed by atoms with van der Waals surface area (Å²) in [6, 6.07) is 0. The lowest BCUT2D eigenvalue weighted by Gasteiger charge is -2.01. The van der Waals surface area contributed by atoms with E-state index in [9.17, 15) is 4.79 Å². The number of thiazole rings is 1. The second-order valence-electron chi connectivity index (χ2n) is 3.63. The van der Waals surface area contributed by atoms with Crippen LogP contribution in [0.2, 0.25) is 0 Å². The summed E-state index contributed by atoms with van der Waals surface area (Å²) in [6.45, 7) is 3.47. The fourth-order valence-electron chi connectivity index (χ4n) is 1.38. The number of thiophene rings is 1. The fraction of sp³-hybridized carbons (Fsp3) is 0.273. The normalized spacial score (nSPS) is 10.6. The molecule has 0 saturated carbocycles. The standard InChI is InChI=1S/C11H12N2O2S2/c1-7-4-16-5-8(7)2-12-3-9-6-17-10(13-9)11(14)15/h4-6,12H,2-3H2,1H3,(H,14,15). The summed E-state index contributed by atoms with van der Waals surface area (Å²) < 4.78 is 0. The SMILES string of the molecule is Cc1cscc1CNCc1csc(C(=O)O)n1. The molecule has 0 amide bonds. The van der Waals surface area contributed by atoms with Crippen LogP contribution in [-0.2, 0) is 13.1 Å². The lowest BCUT2D eigenvalue weighted by Crippen LogP contribution is -2.13. The van der Waals surface area contributed by atoms with E-state index < -0.39 is 5.97 Å². The maximum Gasteiger partial charge on any atom is 0.365 e. The van der Waals surface area contributed by atoms with Gasteiger partial charge in [0.2, 0.25) is 5.01 Å². The molecule has 0 fully saturated rings. The van der Waals surface area contributed by atoms with Gasteiger partial charge in [0, 0.05) is 18.5 Å². The molecule has 2 N–H and O–H groups in total. The first-order valence-electron chi connectivity index (χ1n) is 5.07. The maximum absolute atomic E-state index is 10.6. The smallest absolute Gasteiger partial charge is 0.365 e. The Morgan fingerprint density at radius 1 is 1.41 bits per heavy atom. The highest BCUT2D eigenvalue weighted by Crippen LogP contribution is 2.14. The van der Waals surface area contributed by atoms with Crippen molar-refractivity contribution < 1.29 is 9.90 Å². The third-order valence-electron chi connectivity index (χ3n) is 2.32. The summed E-state index contributed by atoms with van der Waals surface area (Å²) in [6.07, 6.45) is 0. The molecule has 90 valence electrons. The van der Waals surface area contributed by atoms with Gasteiger partial charge in [-0.15, -0.1) is 11.3 Å². The molecule has 6 heteroatoms. The van der Waals surface area contributed by atoms with Crippen LogP contribution in [0, 0.1) is 6.92 Å². The van der Waals surface area contributed by atoms with E-state index >= 15 is 0 Å². The van der Waals surface area contributed by atoms with Crippen LogP contribution in [0.15, 0.2) is 16.1 Å². The van der Waals surface area contributed by atoms with Gasteiger partial charge in [-0.05, 0) is 28.8 Å². The van der Waals surface area contributed by atoms with Crippen LogP contribution < -0.4 is 5.32 Å². The Morgan fingerprint density at radius 3 is 2.82 bits per heavy atom. The Labute approximate surface area is 107 Å². The third-order valence-corrected chi connectivity index (χ3v) is 4.11. The molecule has 2 aromatic heterocycles. The highest BCUT2D eigenvalue weighted by atomic mass is 32.1. The molecule has 0 atom stereocenters. The highest BCUT2D eigenvalue weighted by Gasteiger charge is 2.08. The van der Waals surface area contributed by atoms with Crippen LogP contribution in [0.3, 0.4) is 0 Å². The molecule has 2 rings (SSSR count). The summed E-state index contributed by atoms with van der Waals surface area (Å²) in [4.78, 5) is 14.7. The molecule has 0 saturated heterocycles. The Bertz CT molecular complexity index is 519. The Morgan fingerprint density at radius 2 is 2.24 bits per heavy atom. The zero-order valence-corrected chi connectivity index (χ0v) is 10.9. The molecule has 0 aliphatic carbocycles. The van der Waals surface area contributed by atoms with Gasteiger partial charge < -0.3 is 10.4 Å². The van der Waals surface area contributed by atoms with Crippen molar-refractivity contribution in [3.63, 3.8) is 0 Å². The number of nitrogens with one attached hydrogen (secondary N) is 1. The first kappa shape index (κ1) is 12.2. The number of carbonyl (C=O) groups is 1. The fourth-order valence-corrected chi connectivity index (χ4v) is 2.89. The van der Waals surface area contributed by atoms with E-state index in [2.05, 4.69) is 28.0 Å². The van der Waals surface area contributed by atoms with Gasteiger partial charge in [-0.2, -0.15) is 11.3 Å². The lowest BCUT2D eigenvalue weighted by atomic mass is 10.2. The van der Waals surface area contributed by atoms with Crippen molar-refractivity contribution in [2.75, 3.05) is 0 Å². The Hall–Kier alpha value is -1.24. The molecule has 0 unspecified atom stereocenters. The summed E-state index contributed by atoms with van der Waals surface area (Å²) in [5, 5.41) is 18.1. The third kappa shape index (κ3) is 3.12. The molecular formula is C11H12N2O2S2. The van der Waals surface area contributed by atoms with E-state index in [1.165, 1.54) is 11.1 Å². The molecule has 0 radical (unpaired) electrons. The van der Waals surface area contributed by atoms with Crippen LogP contribution >= 0.6 is 22.7 Å². The van der Waals surface area contributed by atoms with Crippen molar-refractivity contribution >= 4 is 28.6 Å². The molecule has 2 heterocycles. The van der Waals surface area contributed by atoms with Gasteiger partial charge in [-0.3, -0.25) is 0 Å². The predicted molar refractivity (Wildman–Crippen MR) is 68.7 cm³/mol. The van der Waals surface area contributed by atoms with Gasteiger partial charge in [0.15, 0.2) is 0 Å². The number of hydrogen-bond acceptors (Lipinski definition) is 5. The maximum atomic E-state index is 10.6. The number of rotatable bonds is 5. The molecule has 17 heavy (non-hydrogen) atoms. The van der Waals surface area contributed by atoms with Crippen molar-refractivity contribution in [3.8, 4) is 0 Å². The molecule has 0 spiro atoms. The minimum Gasteiger partial charge on any atom is -0.476 e. The Balaban J connectivity index is 1.86. The van der Waals surface area contributed by atoms with Crippen molar-refractivity contribution in [2.24, 2.45) is 0 Å². The number of aryl methyl sites for hydroxylation is 1. The minimum atomic E-state index is -0.963. The van der Waals surface area contributed by atoms with Gasteiger partial charge >= 0.3 is 5.97 Å². The Kier molecular flexibility index (Phi) is 3.88. The molecular weight excluding hydrogens is 256 g/mol. The van der Waals surface area contributed by atoms with E-state index in [0.717, 1.165) is 23.6 Å². The van der Waals surface area contributed by atoms with E-state index in [1.807, 2.05) is 0 Å². The molecule has 0 aliphatic rings. The van der Waals surface area contributed by atoms with Gasteiger partial charge in [0.25, 0.3) is 0 Å². The van der Waals surface area contributed by atoms with Gasteiger partial charge in [0.1, 0.15) is 0 Å². The number of aromatic nitrogens is 1. The van der Waals surface area contributed by atoms with Gasteiger partial charge in [0.05, 0.1) is 5.69 Å². The highest BCUT2D eigenvalue weighted by molar-refractivity contribution is 7.11. The summed E-state index contributed by atoms with van der Waals surface area (Å²) in [5.74, 6) is -0.963. The number of nitrogens with zero attached hydrogens (tertiary/aromatic N) is 1. The average Bonchev–Trinajstić information content (AvgIpc) is 2.89. The number of hydrogen-bond donors (Lipinski definition) is 2. The second kappa shape index (κ2) is 5.39. The van der Waals surface area contributed by atoms with Crippen LogP contribution in [0.5, 0.6) is 0 Å². The van der Waals surface area contributed by atoms with E-state index in [1.54, 1.807) is 16.7 Å². The second-order valence-corrected chi connectivity index (χ2v) is 5.23. The zero-order chi connectivity index (χ0) is 12.3. The largest absolute Gasteiger partial charge is 0.476 e. The monoisotopic (exact) mass is 268 g/mol. The minimum absolute atomic E-state index is 0.147. The van der Waals surface area contributed by atoms with Crippen molar-refractivity contribution in [1.29, 1.82) is 0 Å². The molecule has 4 nitrogen and oxygen atoms in total. The van der Waals surface area contributed by atoms with Crippen LogP contribution in [0.25, 0.3) is 0 Å². The first-order chi connectivity index (χ1) is 8.16. The van der Waals surface area contributed by atoms with E-state index in [4.69, 9.17) is 5.11 Å². The topological polar surface area (TPSA) is 62.2 Å². The summed E-state index contributed by atoms with van der Waals surface area (Å²) >= 11 is 2.85. The van der Waals surface area contributed by atoms with Crippen LogP contribution in [-0.4, -0.2) is 16.1 Å².